The van der Waals surface area contributed by atoms with E-state index in [9.17, 15) is 0 Å². The Labute approximate surface area is 62.8 Å². The second-order valence-corrected chi connectivity index (χ2v) is 2.88. The first-order valence-corrected chi connectivity index (χ1v) is 3.84. The van der Waals surface area contributed by atoms with Gasteiger partial charge in [-0.15, -0.1) is 0 Å². The fourth-order valence-electron chi connectivity index (χ4n) is 1.29. The van der Waals surface area contributed by atoms with Crippen LogP contribution in [0.25, 0.3) is 0 Å². The monoisotopic (exact) mass is 137 g/mol. The molecule has 56 valence electrons. The summed E-state index contributed by atoms with van der Waals surface area (Å²) in [4.78, 5) is 0. The molecule has 0 aromatic carbocycles. The molecule has 0 spiro atoms. The van der Waals surface area contributed by atoms with Gasteiger partial charge in [-0.05, 0) is 25.4 Å². The van der Waals surface area contributed by atoms with E-state index in [2.05, 4.69) is 36.5 Å². The van der Waals surface area contributed by atoms with Crippen molar-refractivity contribution >= 4 is 0 Å². The molecule has 1 aliphatic carbocycles. The summed E-state index contributed by atoms with van der Waals surface area (Å²) in [7, 11) is 2.00. The van der Waals surface area contributed by atoms with Crippen molar-refractivity contribution in [3.63, 3.8) is 0 Å². The molecule has 1 N–H and O–H groups in total. The molecular weight excluding hydrogens is 122 g/mol. The summed E-state index contributed by atoms with van der Waals surface area (Å²) in [6.07, 6.45) is 8.75. The van der Waals surface area contributed by atoms with Crippen LogP contribution in [0.5, 0.6) is 0 Å². The van der Waals surface area contributed by atoms with Gasteiger partial charge in [0.15, 0.2) is 0 Å². The van der Waals surface area contributed by atoms with E-state index in [1.165, 1.54) is 0 Å². The summed E-state index contributed by atoms with van der Waals surface area (Å²) >= 11 is 0. The van der Waals surface area contributed by atoms with Gasteiger partial charge in [-0.1, -0.05) is 31.2 Å². The van der Waals surface area contributed by atoms with Crippen molar-refractivity contribution in [1.29, 1.82) is 0 Å². The van der Waals surface area contributed by atoms with Crippen molar-refractivity contribution in [1.82, 2.24) is 5.32 Å². The summed E-state index contributed by atoms with van der Waals surface area (Å²) < 4.78 is 0. The van der Waals surface area contributed by atoms with Crippen LogP contribution in [-0.2, 0) is 0 Å². The van der Waals surface area contributed by atoms with Crippen molar-refractivity contribution in [2.75, 3.05) is 13.6 Å². The van der Waals surface area contributed by atoms with E-state index in [4.69, 9.17) is 0 Å². The van der Waals surface area contributed by atoms with Crippen molar-refractivity contribution in [3.05, 3.63) is 24.3 Å². The number of allylic oxidation sites excluding steroid dienone is 4. The molecule has 0 amide bonds. The Hall–Kier alpha value is -0.560. The lowest BCUT2D eigenvalue weighted by Gasteiger charge is -2.14. The van der Waals surface area contributed by atoms with E-state index in [0.29, 0.717) is 5.92 Å². The zero-order valence-electron chi connectivity index (χ0n) is 6.67. The lowest BCUT2D eigenvalue weighted by Crippen LogP contribution is -2.20. The van der Waals surface area contributed by atoms with Gasteiger partial charge in [0.1, 0.15) is 0 Å². The van der Waals surface area contributed by atoms with Gasteiger partial charge in [0, 0.05) is 0 Å². The van der Waals surface area contributed by atoms with E-state index in [0.717, 1.165) is 12.5 Å². The molecule has 0 bridgehead atoms. The fraction of sp³-hybridized carbons (Fsp3) is 0.556. The highest BCUT2D eigenvalue weighted by Crippen LogP contribution is 2.17. The average Bonchev–Trinajstić information content (AvgIpc) is 2.38. The third kappa shape index (κ3) is 1.71. The van der Waals surface area contributed by atoms with Crippen molar-refractivity contribution in [3.8, 4) is 0 Å². The molecule has 0 aromatic rings. The molecule has 0 aromatic heterocycles. The highest BCUT2D eigenvalue weighted by atomic mass is 14.8. The van der Waals surface area contributed by atoms with Gasteiger partial charge < -0.3 is 5.32 Å². The minimum absolute atomic E-state index is 0.660. The fourth-order valence-corrected chi connectivity index (χ4v) is 1.29. The lowest BCUT2D eigenvalue weighted by molar-refractivity contribution is 0.478. The van der Waals surface area contributed by atoms with E-state index in [1.807, 2.05) is 7.05 Å². The largest absolute Gasteiger partial charge is 0.319 e. The number of hydrogen-bond donors (Lipinski definition) is 1. The van der Waals surface area contributed by atoms with Crippen LogP contribution in [0.3, 0.4) is 0 Å². The zero-order chi connectivity index (χ0) is 7.40. The van der Waals surface area contributed by atoms with E-state index in [1.54, 1.807) is 0 Å². The van der Waals surface area contributed by atoms with Gasteiger partial charge in [-0.3, -0.25) is 0 Å². The predicted molar refractivity (Wildman–Crippen MR) is 44.9 cm³/mol. The Morgan fingerprint density at radius 2 is 2.00 bits per heavy atom. The molecule has 0 saturated heterocycles. The maximum absolute atomic E-state index is 3.18. The van der Waals surface area contributed by atoms with Gasteiger partial charge in [-0.25, -0.2) is 0 Å². The average molecular weight is 137 g/mol. The molecule has 0 aliphatic heterocycles. The Morgan fingerprint density at radius 3 is 2.50 bits per heavy atom. The third-order valence-electron chi connectivity index (χ3n) is 1.96. The Balaban J connectivity index is 2.33. The van der Waals surface area contributed by atoms with Crippen molar-refractivity contribution in [2.45, 2.75) is 6.92 Å². The highest BCUT2D eigenvalue weighted by molar-refractivity contribution is 5.18. The third-order valence-corrected chi connectivity index (χ3v) is 1.96. The molecule has 1 aliphatic rings. The van der Waals surface area contributed by atoms with Crippen LogP contribution >= 0.6 is 0 Å². The molecule has 1 atom stereocenters. The van der Waals surface area contributed by atoms with Gasteiger partial charge >= 0.3 is 0 Å². The second kappa shape index (κ2) is 3.57. The lowest BCUT2D eigenvalue weighted by atomic mass is 9.96. The van der Waals surface area contributed by atoms with Crippen molar-refractivity contribution < 1.29 is 0 Å². The first kappa shape index (κ1) is 7.55. The number of hydrogen-bond acceptors (Lipinski definition) is 1. The molecule has 1 unspecified atom stereocenters. The van der Waals surface area contributed by atoms with Gasteiger partial charge in [0.25, 0.3) is 0 Å². The molecule has 1 heteroatoms. The topological polar surface area (TPSA) is 12.0 Å². The minimum atomic E-state index is 0.660. The molecule has 0 saturated carbocycles. The van der Waals surface area contributed by atoms with E-state index < -0.39 is 0 Å². The molecule has 0 radical (unpaired) electrons. The highest BCUT2D eigenvalue weighted by Gasteiger charge is 2.11. The summed E-state index contributed by atoms with van der Waals surface area (Å²) in [5.74, 6) is 1.38. The van der Waals surface area contributed by atoms with E-state index >= 15 is 0 Å². The quantitative estimate of drug-likeness (QED) is 0.622. The standard InChI is InChI=1S/C9H15N/c1-8(7-10-2)9-5-3-4-6-9/h3-6,8-10H,7H2,1-2H3. The SMILES string of the molecule is CNCC(C)C1C=CC=C1. The van der Waals surface area contributed by atoms with Gasteiger partial charge in [0.05, 0.1) is 0 Å². The van der Waals surface area contributed by atoms with Crippen LogP contribution in [0.1, 0.15) is 6.92 Å². The molecule has 10 heavy (non-hydrogen) atoms. The maximum atomic E-state index is 3.18. The smallest absolute Gasteiger partial charge is 0.000950 e. The van der Waals surface area contributed by atoms with Gasteiger partial charge in [0.2, 0.25) is 0 Å². The van der Waals surface area contributed by atoms with Crippen LogP contribution < -0.4 is 5.32 Å². The molecule has 0 heterocycles. The number of nitrogens with one attached hydrogen (secondary N) is 1. The van der Waals surface area contributed by atoms with E-state index in [-0.39, 0.29) is 0 Å². The normalized spacial score (nSPS) is 20.2. The summed E-state index contributed by atoms with van der Waals surface area (Å²) in [5, 5.41) is 3.18. The Kier molecular flexibility index (Phi) is 2.69. The van der Waals surface area contributed by atoms with Crippen molar-refractivity contribution in [2.24, 2.45) is 11.8 Å². The first-order valence-electron chi connectivity index (χ1n) is 3.84. The summed E-state index contributed by atoms with van der Waals surface area (Å²) in [6.45, 7) is 3.36. The molecule has 0 fully saturated rings. The van der Waals surface area contributed by atoms with Crippen LogP contribution in [0.4, 0.5) is 0 Å². The maximum Gasteiger partial charge on any atom is -0.000950 e. The van der Waals surface area contributed by atoms with Crippen LogP contribution in [0.15, 0.2) is 24.3 Å². The number of rotatable bonds is 3. The first-order chi connectivity index (χ1) is 4.84. The summed E-state index contributed by atoms with van der Waals surface area (Å²) in [5.41, 5.74) is 0. The van der Waals surface area contributed by atoms with Gasteiger partial charge in [-0.2, -0.15) is 0 Å². The molecule has 1 nitrogen and oxygen atoms in total. The molecule has 1 rings (SSSR count). The summed E-state index contributed by atoms with van der Waals surface area (Å²) in [6, 6.07) is 0. The second-order valence-electron chi connectivity index (χ2n) is 2.88. The Morgan fingerprint density at radius 1 is 1.40 bits per heavy atom. The Bertz CT molecular complexity index is 135. The molecular formula is C9H15N. The zero-order valence-corrected chi connectivity index (χ0v) is 6.67. The van der Waals surface area contributed by atoms with Crippen LogP contribution in [-0.4, -0.2) is 13.6 Å². The predicted octanol–water partition coefficient (Wildman–Crippen LogP) is 1.58. The van der Waals surface area contributed by atoms with Crippen LogP contribution in [0.2, 0.25) is 0 Å². The van der Waals surface area contributed by atoms with Crippen LogP contribution in [0, 0.1) is 11.8 Å². The minimum Gasteiger partial charge on any atom is -0.319 e.